The van der Waals surface area contributed by atoms with Crippen LogP contribution in [0, 0.1) is 5.82 Å². The Kier molecular flexibility index (Phi) is 3.55. The number of halogens is 1. The molecule has 4 nitrogen and oxygen atoms in total. The van der Waals surface area contributed by atoms with Crippen LogP contribution < -0.4 is 9.04 Å². The molecule has 0 fully saturated rings. The van der Waals surface area contributed by atoms with Crippen molar-refractivity contribution in [1.29, 1.82) is 0 Å². The third kappa shape index (κ3) is 2.58. The predicted molar refractivity (Wildman–Crippen MR) is 77.5 cm³/mol. The van der Waals surface area contributed by atoms with Crippen LogP contribution >= 0.6 is 0 Å². The molecule has 0 aromatic heterocycles. The van der Waals surface area contributed by atoms with E-state index in [2.05, 4.69) is 0 Å². The van der Waals surface area contributed by atoms with Crippen molar-refractivity contribution in [2.75, 3.05) is 17.5 Å². The SMILES string of the molecule is O=S(=O)(c1ccc(F)cc1)N1CCCOc2ccccc21. The van der Waals surface area contributed by atoms with Crippen LogP contribution in [0.15, 0.2) is 53.4 Å². The number of anilines is 1. The molecular formula is C15H14FNO3S. The highest BCUT2D eigenvalue weighted by molar-refractivity contribution is 7.92. The van der Waals surface area contributed by atoms with Gasteiger partial charge >= 0.3 is 0 Å². The topological polar surface area (TPSA) is 46.6 Å². The second kappa shape index (κ2) is 5.37. The molecule has 0 unspecified atom stereocenters. The Hall–Kier alpha value is -2.08. The minimum absolute atomic E-state index is 0.0700. The summed E-state index contributed by atoms with van der Waals surface area (Å²) >= 11 is 0. The Labute approximate surface area is 122 Å². The molecule has 0 bridgehead atoms. The maximum Gasteiger partial charge on any atom is 0.264 e. The molecule has 1 aliphatic heterocycles. The largest absolute Gasteiger partial charge is 0.491 e. The molecule has 0 amide bonds. The molecule has 1 heterocycles. The van der Waals surface area contributed by atoms with Gasteiger partial charge in [0.15, 0.2) is 0 Å². The number of ether oxygens (including phenoxy) is 1. The van der Waals surface area contributed by atoms with E-state index in [9.17, 15) is 12.8 Å². The third-order valence-electron chi connectivity index (χ3n) is 3.30. The van der Waals surface area contributed by atoms with Crippen LogP contribution in [0.5, 0.6) is 5.75 Å². The summed E-state index contributed by atoms with van der Waals surface area (Å²) < 4.78 is 45.4. The van der Waals surface area contributed by atoms with Gasteiger partial charge in [0.2, 0.25) is 0 Å². The minimum atomic E-state index is -3.73. The van der Waals surface area contributed by atoms with Gasteiger partial charge in [-0.05, 0) is 36.4 Å². The summed E-state index contributed by atoms with van der Waals surface area (Å²) in [5, 5.41) is 0. The van der Waals surface area contributed by atoms with Crippen molar-refractivity contribution >= 4 is 15.7 Å². The van der Waals surface area contributed by atoms with E-state index in [1.807, 2.05) is 0 Å². The predicted octanol–water partition coefficient (Wildman–Crippen LogP) is 2.80. The molecule has 0 spiro atoms. The summed E-state index contributed by atoms with van der Waals surface area (Å²) in [7, 11) is -3.73. The van der Waals surface area contributed by atoms with Crippen LogP contribution in [0.25, 0.3) is 0 Å². The van der Waals surface area contributed by atoms with Crippen molar-refractivity contribution in [3.8, 4) is 5.75 Å². The average Bonchev–Trinajstić information content (AvgIpc) is 2.70. The number of fused-ring (bicyclic) bond motifs is 1. The normalized spacial score (nSPS) is 15.0. The Bertz CT molecular complexity index is 744. The molecule has 0 aliphatic carbocycles. The zero-order valence-corrected chi connectivity index (χ0v) is 12.0. The maximum absolute atomic E-state index is 13.0. The first-order valence-corrected chi connectivity index (χ1v) is 8.03. The van der Waals surface area contributed by atoms with E-state index < -0.39 is 15.8 Å². The van der Waals surface area contributed by atoms with E-state index in [0.717, 1.165) is 12.1 Å². The molecule has 0 saturated carbocycles. The van der Waals surface area contributed by atoms with Crippen LogP contribution in [-0.4, -0.2) is 21.6 Å². The molecule has 0 radical (unpaired) electrons. The van der Waals surface area contributed by atoms with E-state index in [-0.39, 0.29) is 4.90 Å². The zero-order valence-electron chi connectivity index (χ0n) is 11.2. The molecule has 110 valence electrons. The first-order chi connectivity index (χ1) is 10.1. The first-order valence-electron chi connectivity index (χ1n) is 6.59. The third-order valence-corrected chi connectivity index (χ3v) is 5.13. The molecule has 2 aromatic carbocycles. The average molecular weight is 307 g/mol. The van der Waals surface area contributed by atoms with Crippen LogP contribution in [0.1, 0.15) is 6.42 Å². The zero-order chi connectivity index (χ0) is 14.9. The van der Waals surface area contributed by atoms with Gasteiger partial charge < -0.3 is 4.74 Å². The lowest BCUT2D eigenvalue weighted by molar-refractivity contribution is 0.322. The number of benzene rings is 2. The second-order valence-corrected chi connectivity index (χ2v) is 6.56. The minimum Gasteiger partial charge on any atom is -0.491 e. The summed E-state index contributed by atoms with van der Waals surface area (Å²) in [5.41, 5.74) is 0.513. The fourth-order valence-corrected chi connectivity index (χ4v) is 3.79. The Morgan fingerprint density at radius 1 is 1.05 bits per heavy atom. The molecule has 0 atom stereocenters. The summed E-state index contributed by atoms with van der Waals surface area (Å²) in [6, 6.07) is 11.9. The molecule has 2 aromatic rings. The summed E-state index contributed by atoms with van der Waals surface area (Å²) in [4.78, 5) is 0.0700. The highest BCUT2D eigenvalue weighted by Gasteiger charge is 2.28. The molecule has 3 rings (SSSR count). The van der Waals surface area contributed by atoms with Crippen LogP contribution in [0.3, 0.4) is 0 Å². The molecule has 6 heteroatoms. The van der Waals surface area contributed by atoms with Crippen molar-refractivity contribution in [3.05, 3.63) is 54.3 Å². The summed E-state index contributed by atoms with van der Waals surface area (Å²) in [5.74, 6) is 0.0780. The van der Waals surface area contributed by atoms with Gasteiger partial charge in [0.1, 0.15) is 11.6 Å². The van der Waals surface area contributed by atoms with Crippen molar-refractivity contribution in [1.82, 2.24) is 0 Å². The lowest BCUT2D eigenvalue weighted by Gasteiger charge is -2.23. The lowest BCUT2D eigenvalue weighted by Crippen LogP contribution is -2.31. The second-order valence-electron chi connectivity index (χ2n) is 4.70. The Morgan fingerprint density at radius 3 is 2.52 bits per heavy atom. The molecule has 0 saturated heterocycles. The number of nitrogens with zero attached hydrogens (tertiary/aromatic N) is 1. The smallest absolute Gasteiger partial charge is 0.264 e. The highest BCUT2D eigenvalue weighted by Crippen LogP contribution is 2.34. The molecule has 21 heavy (non-hydrogen) atoms. The van der Waals surface area contributed by atoms with Gasteiger partial charge in [0, 0.05) is 13.0 Å². The Balaban J connectivity index is 2.08. The number of hydrogen-bond donors (Lipinski definition) is 0. The van der Waals surface area contributed by atoms with Crippen molar-refractivity contribution in [2.45, 2.75) is 11.3 Å². The van der Waals surface area contributed by atoms with Crippen molar-refractivity contribution < 1.29 is 17.5 Å². The van der Waals surface area contributed by atoms with E-state index in [1.165, 1.54) is 16.4 Å². The number of hydrogen-bond acceptors (Lipinski definition) is 3. The fraction of sp³-hybridized carbons (Fsp3) is 0.200. The number of rotatable bonds is 2. The lowest BCUT2D eigenvalue weighted by atomic mass is 10.3. The van der Waals surface area contributed by atoms with Crippen LogP contribution in [0.4, 0.5) is 10.1 Å². The molecule has 1 aliphatic rings. The van der Waals surface area contributed by atoms with E-state index in [4.69, 9.17) is 4.74 Å². The van der Waals surface area contributed by atoms with Crippen LogP contribution in [-0.2, 0) is 10.0 Å². The van der Waals surface area contributed by atoms with E-state index >= 15 is 0 Å². The van der Waals surface area contributed by atoms with Crippen molar-refractivity contribution in [2.24, 2.45) is 0 Å². The maximum atomic E-state index is 13.0. The van der Waals surface area contributed by atoms with Crippen LogP contribution in [0.2, 0.25) is 0 Å². The van der Waals surface area contributed by atoms with Gasteiger partial charge in [-0.25, -0.2) is 12.8 Å². The van der Waals surface area contributed by atoms with Gasteiger partial charge in [-0.2, -0.15) is 0 Å². The molecular weight excluding hydrogens is 293 g/mol. The van der Waals surface area contributed by atoms with Gasteiger partial charge in [0.05, 0.1) is 17.2 Å². The summed E-state index contributed by atoms with van der Waals surface area (Å²) in [6.45, 7) is 0.795. The van der Waals surface area contributed by atoms with Gasteiger partial charge in [-0.15, -0.1) is 0 Å². The first kappa shape index (κ1) is 13.9. The van der Waals surface area contributed by atoms with E-state index in [1.54, 1.807) is 24.3 Å². The highest BCUT2D eigenvalue weighted by atomic mass is 32.2. The standard InChI is InChI=1S/C15H14FNO3S/c16-12-6-8-13(9-7-12)21(18,19)17-10-3-11-20-15-5-2-1-4-14(15)17/h1-2,4-9H,3,10-11H2. The van der Waals surface area contributed by atoms with E-state index in [0.29, 0.717) is 31.0 Å². The molecule has 0 N–H and O–H groups in total. The monoisotopic (exact) mass is 307 g/mol. The fourth-order valence-electron chi connectivity index (χ4n) is 2.28. The van der Waals surface area contributed by atoms with Gasteiger partial charge in [0.25, 0.3) is 10.0 Å². The quantitative estimate of drug-likeness (QED) is 0.857. The van der Waals surface area contributed by atoms with Gasteiger partial charge in [-0.1, -0.05) is 12.1 Å². The van der Waals surface area contributed by atoms with Gasteiger partial charge in [-0.3, -0.25) is 4.31 Å². The number of para-hydroxylation sites is 2. The van der Waals surface area contributed by atoms with Crippen molar-refractivity contribution in [3.63, 3.8) is 0 Å². The summed E-state index contributed by atoms with van der Waals surface area (Å²) in [6.07, 6.45) is 0.592. The number of sulfonamides is 1. The Morgan fingerprint density at radius 2 is 1.76 bits per heavy atom.